The monoisotopic (exact) mass is 511 g/mol. The highest BCUT2D eigenvalue weighted by atomic mass is 16.5. The lowest BCUT2D eigenvalue weighted by Crippen LogP contribution is -2.25. The summed E-state index contributed by atoms with van der Waals surface area (Å²) in [4.78, 5) is 30.7. The fraction of sp³-hybridized carbons (Fsp3) is 0.138. The first-order valence-corrected chi connectivity index (χ1v) is 11.8. The molecule has 0 radical (unpaired) electrons. The molecule has 0 bridgehead atoms. The topological polar surface area (TPSA) is 96.6 Å². The van der Waals surface area contributed by atoms with E-state index in [0.29, 0.717) is 45.3 Å². The van der Waals surface area contributed by atoms with Gasteiger partial charge in [-0.3, -0.25) is 19.3 Å². The summed E-state index contributed by atoms with van der Waals surface area (Å²) in [5.74, 6) is 1.39. The fourth-order valence-corrected chi connectivity index (χ4v) is 4.23. The molecule has 9 heteroatoms. The van der Waals surface area contributed by atoms with Crippen molar-refractivity contribution >= 4 is 22.5 Å². The number of nitrogens with zero attached hydrogens (tertiary/aromatic N) is 3. The Kier molecular flexibility index (Phi) is 6.23. The van der Waals surface area contributed by atoms with Crippen molar-refractivity contribution in [2.24, 2.45) is 7.05 Å². The van der Waals surface area contributed by atoms with Crippen LogP contribution in [0.1, 0.15) is 17.4 Å². The summed E-state index contributed by atoms with van der Waals surface area (Å²) in [6, 6.07) is 19.0. The minimum Gasteiger partial charge on any atom is -0.493 e. The summed E-state index contributed by atoms with van der Waals surface area (Å²) in [6.45, 7) is 1.71. The number of aromatic nitrogens is 3. The van der Waals surface area contributed by atoms with Gasteiger partial charge in [-0.1, -0.05) is 18.2 Å². The lowest BCUT2D eigenvalue weighted by Gasteiger charge is -2.12. The van der Waals surface area contributed by atoms with Crippen LogP contribution in [0.25, 0.3) is 16.6 Å². The van der Waals surface area contributed by atoms with Crippen LogP contribution in [0.4, 0.5) is 5.69 Å². The number of rotatable bonds is 7. The lowest BCUT2D eigenvalue weighted by atomic mass is 10.2. The minimum atomic E-state index is -0.592. The highest BCUT2D eigenvalue weighted by Crippen LogP contribution is 2.37. The van der Waals surface area contributed by atoms with Crippen molar-refractivity contribution in [2.75, 3.05) is 19.5 Å². The molecule has 0 saturated carbocycles. The Hall–Kier alpha value is -5.05. The van der Waals surface area contributed by atoms with Crippen molar-refractivity contribution in [3.05, 3.63) is 101 Å². The number of hydrogen-bond donors (Lipinski definition) is 1. The van der Waals surface area contributed by atoms with E-state index in [0.717, 1.165) is 0 Å². The van der Waals surface area contributed by atoms with Crippen LogP contribution in [0.5, 0.6) is 23.0 Å². The summed E-state index contributed by atoms with van der Waals surface area (Å²) in [5, 5.41) is 3.40. The second-order valence-corrected chi connectivity index (χ2v) is 8.46. The van der Waals surface area contributed by atoms with Crippen LogP contribution >= 0.6 is 0 Å². The Morgan fingerprint density at radius 2 is 1.71 bits per heavy atom. The number of methoxy groups -OCH3 is 2. The number of amides is 1. The predicted molar refractivity (Wildman–Crippen MR) is 145 cm³/mol. The predicted octanol–water partition coefficient (Wildman–Crippen LogP) is 5.09. The van der Waals surface area contributed by atoms with Gasteiger partial charge in [-0.05, 0) is 55.4 Å². The average Bonchev–Trinajstić information content (AvgIpc) is 3.17. The molecule has 1 N–H and O–H groups in total. The van der Waals surface area contributed by atoms with E-state index in [1.807, 2.05) is 18.2 Å². The first-order chi connectivity index (χ1) is 18.8. The zero-order valence-electron chi connectivity index (χ0n) is 22.3. The van der Waals surface area contributed by atoms with Gasteiger partial charge >= 0.3 is 0 Å². The SMILES string of the molecule is [2H]c1cc(Oc2ccnc3cc(OC)c(OC)cc23)ccc1NC(=O)c1c(C)n(C)n(-c2ccccc2)c1=O. The van der Waals surface area contributed by atoms with Crippen molar-refractivity contribution in [1.82, 2.24) is 14.3 Å². The Morgan fingerprint density at radius 1 is 0.974 bits per heavy atom. The van der Waals surface area contributed by atoms with Crippen LogP contribution in [0, 0.1) is 6.92 Å². The molecule has 2 aromatic heterocycles. The van der Waals surface area contributed by atoms with Gasteiger partial charge in [0.25, 0.3) is 11.5 Å². The van der Waals surface area contributed by atoms with Gasteiger partial charge in [0.15, 0.2) is 11.5 Å². The number of carbonyl (C=O) groups excluding carboxylic acids is 1. The second-order valence-electron chi connectivity index (χ2n) is 8.46. The van der Waals surface area contributed by atoms with Crippen molar-refractivity contribution in [3.8, 4) is 28.7 Å². The molecule has 0 aliphatic rings. The zero-order chi connectivity index (χ0) is 27.7. The maximum atomic E-state index is 13.2. The summed E-state index contributed by atoms with van der Waals surface area (Å²) in [6.07, 6.45) is 1.62. The average molecular weight is 512 g/mol. The molecule has 0 aliphatic heterocycles. The van der Waals surface area contributed by atoms with Gasteiger partial charge < -0.3 is 19.5 Å². The third kappa shape index (κ3) is 4.45. The number of hydrogen-bond acceptors (Lipinski definition) is 6. The second kappa shape index (κ2) is 10.1. The highest BCUT2D eigenvalue weighted by Gasteiger charge is 2.22. The molecule has 192 valence electrons. The first kappa shape index (κ1) is 23.4. The van der Waals surface area contributed by atoms with Gasteiger partial charge in [0.1, 0.15) is 17.1 Å². The van der Waals surface area contributed by atoms with Gasteiger partial charge in [-0.15, -0.1) is 0 Å². The Balaban J connectivity index is 1.41. The van der Waals surface area contributed by atoms with Crippen molar-refractivity contribution in [3.63, 3.8) is 0 Å². The van der Waals surface area contributed by atoms with E-state index in [9.17, 15) is 9.59 Å². The van der Waals surface area contributed by atoms with Gasteiger partial charge in [0.05, 0.1) is 32.5 Å². The molecule has 0 aliphatic carbocycles. The molecule has 0 atom stereocenters. The lowest BCUT2D eigenvalue weighted by molar-refractivity contribution is 0.102. The van der Waals surface area contributed by atoms with Crippen LogP contribution < -0.4 is 25.1 Å². The highest BCUT2D eigenvalue weighted by molar-refractivity contribution is 6.05. The van der Waals surface area contributed by atoms with Crippen molar-refractivity contribution < 1.29 is 20.4 Å². The standard InChI is InChI=1S/C29H26N4O5/c1-18-27(29(35)33(32(18)2)20-8-6-5-7-9-20)28(34)31-19-10-12-21(13-11-19)38-24-14-15-30-23-17-26(37-4)25(36-3)16-22(23)24/h5-17H,1-4H3,(H,31,34)/i10D. The molecule has 0 fully saturated rings. The largest absolute Gasteiger partial charge is 0.493 e. The quantitative estimate of drug-likeness (QED) is 0.327. The Morgan fingerprint density at radius 3 is 2.42 bits per heavy atom. The van der Waals surface area contributed by atoms with E-state index >= 15 is 0 Å². The van der Waals surface area contributed by atoms with Crippen LogP contribution in [0.3, 0.4) is 0 Å². The van der Waals surface area contributed by atoms with E-state index in [2.05, 4.69) is 10.3 Å². The number of ether oxygens (including phenoxy) is 3. The molecular weight excluding hydrogens is 484 g/mol. The summed E-state index contributed by atoms with van der Waals surface area (Å²) < 4.78 is 28.4. The molecule has 38 heavy (non-hydrogen) atoms. The fourth-order valence-electron chi connectivity index (χ4n) is 4.23. The third-order valence-electron chi connectivity index (χ3n) is 6.25. The van der Waals surface area contributed by atoms with E-state index in [4.69, 9.17) is 15.6 Å². The molecule has 0 unspecified atom stereocenters. The number of carbonyl (C=O) groups is 1. The Bertz CT molecular complexity index is 1760. The van der Waals surface area contributed by atoms with Crippen molar-refractivity contribution in [2.45, 2.75) is 6.92 Å². The van der Waals surface area contributed by atoms with E-state index in [-0.39, 0.29) is 17.3 Å². The molecule has 2 heterocycles. The molecule has 0 spiro atoms. The van der Waals surface area contributed by atoms with Crippen LogP contribution in [-0.2, 0) is 7.05 Å². The number of benzene rings is 3. The van der Waals surface area contributed by atoms with E-state index in [1.165, 1.54) is 10.7 Å². The molecule has 5 aromatic rings. The first-order valence-electron chi connectivity index (χ1n) is 12.3. The molecule has 3 aromatic carbocycles. The summed E-state index contributed by atoms with van der Waals surface area (Å²) >= 11 is 0. The molecule has 1 amide bonds. The van der Waals surface area contributed by atoms with E-state index in [1.54, 1.807) is 81.5 Å². The Labute approximate surface area is 220 Å². The van der Waals surface area contributed by atoms with E-state index < -0.39 is 11.5 Å². The number of nitrogens with one attached hydrogen (secondary N) is 1. The number of anilines is 1. The minimum absolute atomic E-state index is 0.00807. The summed E-state index contributed by atoms with van der Waals surface area (Å²) in [5.41, 5.74) is 1.61. The molecule has 5 rings (SSSR count). The van der Waals surface area contributed by atoms with Crippen LogP contribution in [0.2, 0.25) is 0 Å². The van der Waals surface area contributed by atoms with Gasteiger partial charge in [-0.2, -0.15) is 0 Å². The van der Waals surface area contributed by atoms with Crippen LogP contribution in [-0.4, -0.2) is 34.5 Å². The maximum Gasteiger partial charge on any atom is 0.284 e. The molecule has 9 nitrogen and oxygen atoms in total. The normalized spacial score (nSPS) is 11.2. The van der Waals surface area contributed by atoms with Crippen LogP contribution in [0.15, 0.2) is 83.8 Å². The van der Waals surface area contributed by atoms with Crippen molar-refractivity contribution in [1.29, 1.82) is 0 Å². The van der Waals surface area contributed by atoms with Gasteiger partial charge in [0.2, 0.25) is 0 Å². The smallest absolute Gasteiger partial charge is 0.284 e. The van der Waals surface area contributed by atoms with Gasteiger partial charge in [0, 0.05) is 30.4 Å². The number of para-hydroxylation sites is 1. The third-order valence-corrected chi connectivity index (χ3v) is 6.25. The summed E-state index contributed by atoms with van der Waals surface area (Å²) in [7, 11) is 4.82. The zero-order valence-corrected chi connectivity index (χ0v) is 21.3. The maximum absolute atomic E-state index is 13.2. The number of fused-ring (bicyclic) bond motifs is 1. The molecular formula is C29H26N4O5. The van der Waals surface area contributed by atoms with Gasteiger partial charge in [-0.25, -0.2) is 4.68 Å². The number of pyridine rings is 1. The molecule has 0 saturated heterocycles.